The number of carbonyl (C=O) groups is 1. The molecule has 3 heterocycles. The highest BCUT2D eigenvalue weighted by Crippen LogP contribution is 2.28. The van der Waals surface area contributed by atoms with E-state index in [1.807, 2.05) is 60.7 Å². The minimum Gasteiger partial charge on any atom is -0.367 e. The molecule has 1 aliphatic heterocycles. The molecule has 1 N–H and O–H groups in total. The monoisotopic (exact) mass is 572 g/mol. The topological polar surface area (TPSA) is 74.2 Å². The first-order valence-electron chi connectivity index (χ1n) is 13.6. The van der Waals surface area contributed by atoms with Crippen LogP contribution >= 0.6 is 23.4 Å². The second kappa shape index (κ2) is 13.6. The Kier molecular flexibility index (Phi) is 9.52. The van der Waals surface area contributed by atoms with Gasteiger partial charge in [0.05, 0.1) is 10.7 Å². The number of anilines is 2. The molecule has 40 heavy (non-hydrogen) atoms. The summed E-state index contributed by atoms with van der Waals surface area (Å²) in [5.74, 6) is 1.57. The van der Waals surface area contributed by atoms with E-state index in [9.17, 15) is 4.79 Å². The van der Waals surface area contributed by atoms with E-state index in [2.05, 4.69) is 39.2 Å². The molecule has 1 saturated heterocycles. The lowest BCUT2D eigenvalue weighted by Gasteiger charge is -2.37. The number of carbonyl (C=O) groups excluding carboxylic acids is 1. The number of halogens is 1. The van der Waals surface area contributed by atoms with E-state index in [0.29, 0.717) is 24.3 Å². The zero-order valence-electron chi connectivity index (χ0n) is 22.6. The maximum atomic E-state index is 12.7. The van der Waals surface area contributed by atoms with Crippen molar-refractivity contribution in [3.63, 3.8) is 0 Å². The predicted molar refractivity (Wildman–Crippen MR) is 164 cm³/mol. The largest absolute Gasteiger partial charge is 0.367 e. The van der Waals surface area contributed by atoms with Crippen molar-refractivity contribution in [3.05, 3.63) is 107 Å². The smallest absolute Gasteiger partial charge is 0.251 e. The molecule has 0 spiro atoms. The first kappa shape index (κ1) is 27.9. The van der Waals surface area contributed by atoms with Gasteiger partial charge in [-0.15, -0.1) is 0 Å². The molecular formula is C31H33ClN6OS. The fraction of sp³-hybridized carbons (Fsp3) is 0.290. The van der Waals surface area contributed by atoms with Crippen LogP contribution in [0.1, 0.15) is 34.2 Å². The number of nitrogens with zero attached hydrogens (tertiary/aromatic N) is 5. The van der Waals surface area contributed by atoms with Crippen LogP contribution in [0.5, 0.6) is 0 Å². The molecule has 1 fully saturated rings. The van der Waals surface area contributed by atoms with Crippen molar-refractivity contribution in [1.82, 2.24) is 20.3 Å². The molecule has 0 saturated carbocycles. The van der Waals surface area contributed by atoms with Crippen LogP contribution in [0, 0.1) is 0 Å². The van der Waals surface area contributed by atoms with E-state index in [1.165, 1.54) is 0 Å². The van der Waals surface area contributed by atoms with Crippen LogP contribution in [0.3, 0.4) is 0 Å². The molecule has 0 radical (unpaired) electrons. The minimum absolute atomic E-state index is 0.0785. The third kappa shape index (κ3) is 7.31. The number of piperazine rings is 1. The predicted octanol–water partition coefficient (Wildman–Crippen LogP) is 5.68. The quantitative estimate of drug-likeness (QED) is 0.194. The first-order chi connectivity index (χ1) is 19.6. The molecular weight excluding hydrogens is 540 g/mol. The molecule has 1 amide bonds. The number of thioether (sulfide) groups is 1. The van der Waals surface area contributed by atoms with Gasteiger partial charge in [-0.2, -0.15) is 0 Å². The summed E-state index contributed by atoms with van der Waals surface area (Å²) in [6.45, 7) is 6.16. The number of hydrogen-bond donors (Lipinski definition) is 1. The molecule has 4 aromatic rings. The fourth-order valence-electron chi connectivity index (χ4n) is 4.65. The van der Waals surface area contributed by atoms with Gasteiger partial charge in [0.25, 0.3) is 5.91 Å². The molecule has 206 valence electrons. The van der Waals surface area contributed by atoms with Crippen molar-refractivity contribution < 1.29 is 4.79 Å². The highest BCUT2D eigenvalue weighted by atomic mass is 35.5. The van der Waals surface area contributed by atoms with Gasteiger partial charge >= 0.3 is 0 Å². The molecule has 5 rings (SSSR count). The van der Waals surface area contributed by atoms with Crippen LogP contribution in [0.2, 0.25) is 5.02 Å². The van der Waals surface area contributed by atoms with Crippen LogP contribution in [0.25, 0.3) is 0 Å². The summed E-state index contributed by atoms with van der Waals surface area (Å²) in [5.41, 5.74) is 4.79. The zero-order valence-corrected chi connectivity index (χ0v) is 24.2. The average Bonchev–Trinajstić information content (AvgIpc) is 3.01. The number of para-hydroxylation sites is 1. The molecule has 0 atom stereocenters. The van der Waals surface area contributed by atoms with Crippen LogP contribution in [-0.4, -0.2) is 53.6 Å². The third-order valence-electron chi connectivity index (χ3n) is 6.85. The van der Waals surface area contributed by atoms with Gasteiger partial charge in [0.2, 0.25) is 0 Å². The van der Waals surface area contributed by atoms with E-state index in [4.69, 9.17) is 21.6 Å². The Morgan fingerprint density at radius 3 is 2.50 bits per heavy atom. The Hall–Kier alpha value is -3.62. The van der Waals surface area contributed by atoms with Crippen molar-refractivity contribution in [3.8, 4) is 0 Å². The number of aromatic nitrogens is 3. The van der Waals surface area contributed by atoms with Gasteiger partial charge in [-0.25, -0.2) is 9.97 Å². The zero-order chi connectivity index (χ0) is 27.7. The summed E-state index contributed by atoms with van der Waals surface area (Å²) < 4.78 is 0. The minimum atomic E-state index is -0.0785. The van der Waals surface area contributed by atoms with Gasteiger partial charge in [0, 0.05) is 74.1 Å². The van der Waals surface area contributed by atoms with Crippen molar-refractivity contribution in [2.24, 2.45) is 0 Å². The number of hydrogen-bond acceptors (Lipinski definition) is 7. The van der Waals surface area contributed by atoms with Gasteiger partial charge in [0.1, 0.15) is 5.82 Å². The number of nitrogens with one attached hydrogen (secondary N) is 1. The van der Waals surface area contributed by atoms with Crippen molar-refractivity contribution in [1.29, 1.82) is 0 Å². The summed E-state index contributed by atoms with van der Waals surface area (Å²) in [6, 6.07) is 23.7. The van der Waals surface area contributed by atoms with Gasteiger partial charge in [-0.3, -0.25) is 9.78 Å². The standard InChI is InChI=1S/C31H33ClN6OS/c1-2-25-21-29(38-18-16-37(17-19-38)28-12-4-3-11-27(28)32)36-31(35-25)40-22-23-8-7-9-24(20-23)30(39)34-15-13-26-10-5-6-14-33-26/h3-12,14,20-21H,2,13,15-19,22H2,1H3,(H,34,39). The van der Waals surface area contributed by atoms with E-state index in [1.54, 1.807) is 18.0 Å². The van der Waals surface area contributed by atoms with Gasteiger partial charge in [0.15, 0.2) is 5.16 Å². The molecule has 9 heteroatoms. The lowest BCUT2D eigenvalue weighted by atomic mass is 10.1. The highest BCUT2D eigenvalue weighted by molar-refractivity contribution is 7.98. The Morgan fingerprint density at radius 2 is 1.73 bits per heavy atom. The van der Waals surface area contributed by atoms with E-state index < -0.39 is 0 Å². The fourth-order valence-corrected chi connectivity index (χ4v) is 5.72. The van der Waals surface area contributed by atoms with Crippen molar-refractivity contribution in [2.45, 2.75) is 30.7 Å². The number of amides is 1. The first-order valence-corrected chi connectivity index (χ1v) is 15.0. The summed E-state index contributed by atoms with van der Waals surface area (Å²) in [7, 11) is 0. The maximum absolute atomic E-state index is 12.7. The van der Waals surface area contributed by atoms with E-state index >= 15 is 0 Å². The van der Waals surface area contributed by atoms with Gasteiger partial charge < -0.3 is 15.1 Å². The second-order valence-corrected chi connectivity index (χ2v) is 10.9. The molecule has 0 aliphatic carbocycles. The Labute approximate surface area is 245 Å². The van der Waals surface area contributed by atoms with Crippen LogP contribution in [0.4, 0.5) is 11.5 Å². The van der Waals surface area contributed by atoms with Crippen LogP contribution in [-0.2, 0) is 18.6 Å². The molecule has 7 nitrogen and oxygen atoms in total. The summed E-state index contributed by atoms with van der Waals surface area (Å²) in [5, 5.41) is 4.54. The summed E-state index contributed by atoms with van der Waals surface area (Å²) >= 11 is 8.03. The normalized spacial score (nSPS) is 13.3. The molecule has 0 unspecified atom stereocenters. The van der Waals surface area contributed by atoms with E-state index in [-0.39, 0.29) is 5.91 Å². The van der Waals surface area contributed by atoms with Crippen molar-refractivity contribution in [2.75, 3.05) is 42.5 Å². The number of rotatable bonds is 10. The highest BCUT2D eigenvalue weighted by Gasteiger charge is 2.21. The molecule has 0 bridgehead atoms. The number of aryl methyl sites for hydroxylation is 1. The summed E-state index contributed by atoms with van der Waals surface area (Å²) in [6.07, 6.45) is 3.31. The van der Waals surface area contributed by atoms with Crippen LogP contribution in [0.15, 0.2) is 84.1 Å². The van der Waals surface area contributed by atoms with E-state index in [0.717, 1.165) is 71.2 Å². The number of benzene rings is 2. The second-order valence-electron chi connectivity index (χ2n) is 9.60. The lowest BCUT2D eigenvalue weighted by molar-refractivity contribution is 0.0954. The lowest BCUT2D eigenvalue weighted by Crippen LogP contribution is -2.47. The van der Waals surface area contributed by atoms with Gasteiger partial charge in [-0.05, 0) is 48.4 Å². The SMILES string of the molecule is CCc1cc(N2CCN(c3ccccc3Cl)CC2)nc(SCc2cccc(C(=O)NCCc3ccccn3)c2)n1. The Balaban J connectivity index is 1.18. The number of pyridine rings is 1. The van der Waals surface area contributed by atoms with Crippen LogP contribution < -0.4 is 15.1 Å². The van der Waals surface area contributed by atoms with Crippen molar-refractivity contribution >= 4 is 40.8 Å². The Morgan fingerprint density at radius 1 is 0.925 bits per heavy atom. The maximum Gasteiger partial charge on any atom is 0.251 e. The van der Waals surface area contributed by atoms with Gasteiger partial charge in [-0.1, -0.05) is 60.6 Å². The average molecular weight is 573 g/mol. The summed E-state index contributed by atoms with van der Waals surface area (Å²) in [4.78, 5) is 31.4. The Bertz CT molecular complexity index is 1430. The molecule has 2 aromatic carbocycles. The molecule has 2 aromatic heterocycles. The third-order valence-corrected chi connectivity index (χ3v) is 8.09. The molecule has 1 aliphatic rings.